The Labute approximate surface area is 256 Å². The average Bonchev–Trinajstić information content (AvgIpc) is 3.00. The number of sulfonamides is 1. The molecule has 1 N–H and O–H groups in total. The summed E-state index contributed by atoms with van der Waals surface area (Å²) in [5.74, 6) is -0.960. The fourth-order valence-electron chi connectivity index (χ4n) is 4.54. The number of hydrogen-bond acceptors (Lipinski definition) is 4. The van der Waals surface area contributed by atoms with Gasteiger partial charge in [-0.05, 0) is 48.4 Å². The maximum absolute atomic E-state index is 14.3. The van der Waals surface area contributed by atoms with Gasteiger partial charge in [-0.25, -0.2) is 8.42 Å². The molecule has 7 nitrogen and oxygen atoms in total. The molecular weight excluding hydrogens is 593 g/mol. The van der Waals surface area contributed by atoms with Crippen molar-refractivity contribution in [2.24, 2.45) is 0 Å². The average molecular weight is 625 g/mol. The van der Waals surface area contributed by atoms with Gasteiger partial charge < -0.3 is 10.2 Å². The Morgan fingerprint density at radius 1 is 0.786 bits per heavy atom. The second kappa shape index (κ2) is 14.4. The van der Waals surface area contributed by atoms with Crippen molar-refractivity contribution in [1.82, 2.24) is 10.2 Å². The standard InChI is InChI=1S/C32H31Cl2N3O4S/c1-2-35-32(39)30(21-24-13-5-3-6-14-24)36(22-25-15-9-10-18-27(25)33)31(38)23-37(29-20-12-11-19-28(29)34)42(40,41)26-16-7-4-8-17-26/h3-20,30H,2,21-23H2,1H3,(H,35,39)/t30-/m1/s1. The smallest absolute Gasteiger partial charge is 0.264 e. The first-order chi connectivity index (χ1) is 20.2. The van der Waals surface area contributed by atoms with Crippen LogP contribution in [0.1, 0.15) is 18.1 Å². The summed E-state index contributed by atoms with van der Waals surface area (Å²) in [5, 5.41) is 3.41. The summed E-state index contributed by atoms with van der Waals surface area (Å²) in [6.45, 7) is 1.53. The number of benzene rings is 4. The summed E-state index contributed by atoms with van der Waals surface area (Å²) in [6.07, 6.45) is 0.209. The van der Waals surface area contributed by atoms with E-state index in [-0.39, 0.29) is 34.5 Å². The topological polar surface area (TPSA) is 86.8 Å². The van der Waals surface area contributed by atoms with Crippen LogP contribution < -0.4 is 9.62 Å². The highest BCUT2D eigenvalue weighted by Gasteiger charge is 2.35. The fourth-order valence-corrected chi connectivity index (χ4v) is 6.48. The number of nitrogens with one attached hydrogen (secondary N) is 1. The van der Waals surface area contributed by atoms with Gasteiger partial charge in [0.15, 0.2) is 0 Å². The highest BCUT2D eigenvalue weighted by molar-refractivity contribution is 7.92. The second-order valence-electron chi connectivity index (χ2n) is 9.49. The van der Waals surface area contributed by atoms with Crippen molar-refractivity contribution >= 4 is 50.7 Å². The predicted molar refractivity (Wildman–Crippen MR) is 167 cm³/mol. The zero-order valence-corrected chi connectivity index (χ0v) is 25.3. The minimum atomic E-state index is -4.23. The molecule has 0 aromatic heterocycles. The third-order valence-electron chi connectivity index (χ3n) is 6.65. The highest BCUT2D eigenvalue weighted by atomic mass is 35.5. The van der Waals surface area contributed by atoms with E-state index in [0.717, 1.165) is 9.87 Å². The molecule has 0 aliphatic carbocycles. The van der Waals surface area contributed by atoms with Crippen molar-refractivity contribution < 1.29 is 18.0 Å². The summed E-state index contributed by atoms with van der Waals surface area (Å²) in [7, 11) is -4.23. The quantitative estimate of drug-likeness (QED) is 0.211. The molecule has 10 heteroatoms. The molecule has 218 valence electrons. The Kier molecular flexibility index (Phi) is 10.6. The van der Waals surface area contributed by atoms with Crippen molar-refractivity contribution in [1.29, 1.82) is 0 Å². The van der Waals surface area contributed by atoms with Gasteiger partial charge in [-0.15, -0.1) is 0 Å². The van der Waals surface area contributed by atoms with E-state index in [2.05, 4.69) is 5.32 Å². The second-order valence-corrected chi connectivity index (χ2v) is 12.2. The number of halogens is 2. The third kappa shape index (κ3) is 7.50. The molecule has 0 bridgehead atoms. The highest BCUT2D eigenvalue weighted by Crippen LogP contribution is 2.31. The largest absolute Gasteiger partial charge is 0.355 e. The van der Waals surface area contributed by atoms with Crippen LogP contribution in [0.2, 0.25) is 10.0 Å². The first-order valence-corrected chi connectivity index (χ1v) is 15.6. The van der Waals surface area contributed by atoms with E-state index < -0.39 is 28.5 Å². The number of rotatable bonds is 12. The first-order valence-electron chi connectivity index (χ1n) is 13.4. The number of hydrogen-bond donors (Lipinski definition) is 1. The lowest BCUT2D eigenvalue weighted by atomic mass is 10.0. The molecule has 0 unspecified atom stereocenters. The Bertz CT molecular complexity index is 1620. The van der Waals surface area contributed by atoms with Crippen molar-refractivity contribution in [2.45, 2.75) is 30.8 Å². The van der Waals surface area contributed by atoms with E-state index in [1.807, 2.05) is 30.3 Å². The van der Waals surface area contributed by atoms with Crippen LogP contribution in [0, 0.1) is 0 Å². The molecule has 4 aromatic carbocycles. The molecule has 0 aliphatic rings. The summed E-state index contributed by atoms with van der Waals surface area (Å²) in [6, 6.07) is 29.7. The van der Waals surface area contributed by atoms with Crippen LogP contribution in [0.15, 0.2) is 114 Å². The van der Waals surface area contributed by atoms with Gasteiger partial charge in [0.25, 0.3) is 10.0 Å². The van der Waals surface area contributed by atoms with Gasteiger partial charge in [0, 0.05) is 24.5 Å². The van der Waals surface area contributed by atoms with Crippen LogP contribution in [0.4, 0.5) is 5.69 Å². The Morgan fingerprint density at radius 3 is 1.98 bits per heavy atom. The molecule has 0 aliphatic heterocycles. The summed E-state index contributed by atoms with van der Waals surface area (Å²) >= 11 is 13.0. The van der Waals surface area contributed by atoms with Crippen LogP contribution in [-0.2, 0) is 32.6 Å². The summed E-state index contributed by atoms with van der Waals surface area (Å²) < 4.78 is 28.9. The maximum Gasteiger partial charge on any atom is 0.264 e. The van der Waals surface area contributed by atoms with E-state index in [9.17, 15) is 18.0 Å². The third-order valence-corrected chi connectivity index (χ3v) is 9.11. The Balaban J connectivity index is 1.81. The predicted octanol–water partition coefficient (Wildman–Crippen LogP) is 5.96. The number of carbonyl (C=O) groups excluding carboxylic acids is 2. The lowest BCUT2D eigenvalue weighted by Crippen LogP contribution is -2.53. The number of nitrogens with zero attached hydrogens (tertiary/aromatic N) is 2. The normalized spacial score (nSPS) is 11.9. The summed E-state index contributed by atoms with van der Waals surface area (Å²) in [4.78, 5) is 29.2. The molecule has 2 amide bonds. The van der Waals surface area contributed by atoms with Crippen molar-refractivity contribution in [3.8, 4) is 0 Å². The number of likely N-dealkylation sites (N-methyl/N-ethyl adjacent to an activating group) is 1. The van der Waals surface area contributed by atoms with Gasteiger partial charge in [0.1, 0.15) is 12.6 Å². The van der Waals surface area contributed by atoms with E-state index >= 15 is 0 Å². The van der Waals surface area contributed by atoms with Crippen LogP contribution in [-0.4, -0.2) is 44.3 Å². The lowest BCUT2D eigenvalue weighted by Gasteiger charge is -2.34. The Hall–Kier alpha value is -3.85. The van der Waals surface area contributed by atoms with Crippen LogP contribution >= 0.6 is 23.2 Å². The molecule has 0 saturated heterocycles. The number of amides is 2. The monoisotopic (exact) mass is 623 g/mol. The molecule has 1 atom stereocenters. The van der Waals surface area contributed by atoms with Gasteiger partial charge in [-0.1, -0.05) is 102 Å². The van der Waals surface area contributed by atoms with E-state index in [1.165, 1.54) is 17.0 Å². The molecule has 0 radical (unpaired) electrons. The number of para-hydroxylation sites is 1. The molecular formula is C32H31Cl2N3O4S. The molecule has 4 rings (SSSR count). The fraction of sp³-hybridized carbons (Fsp3) is 0.188. The molecule has 0 saturated carbocycles. The zero-order valence-electron chi connectivity index (χ0n) is 23.0. The number of anilines is 1. The molecule has 0 fully saturated rings. The zero-order chi connectivity index (χ0) is 30.1. The molecule has 0 spiro atoms. The Morgan fingerprint density at radius 2 is 1.36 bits per heavy atom. The van der Waals surface area contributed by atoms with Gasteiger partial charge >= 0.3 is 0 Å². The van der Waals surface area contributed by atoms with E-state index in [0.29, 0.717) is 17.1 Å². The van der Waals surface area contributed by atoms with Crippen molar-refractivity contribution in [2.75, 3.05) is 17.4 Å². The van der Waals surface area contributed by atoms with E-state index in [4.69, 9.17) is 23.2 Å². The lowest BCUT2D eigenvalue weighted by molar-refractivity contribution is -0.140. The summed E-state index contributed by atoms with van der Waals surface area (Å²) in [5.41, 5.74) is 1.60. The van der Waals surface area contributed by atoms with Gasteiger partial charge in [-0.3, -0.25) is 13.9 Å². The molecule has 4 aromatic rings. The van der Waals surface area contributed by atoms with E-state index in [1.54, 1.807) is 73.7 Å². The van der Waals surface area contributed by atoms with Crippen molar-refractivity contribution in [3.05, 3.63) is 130 Å². The maximum atomic E-state index is 14.3. The van der Waals surface area contributed by atoms with Gasteiger partial charge in [0.2, 0.25) is 11.8 Å². The van der Waals surface area contributed by atoms with Gasteiger partial charge in [0.05, 0.1) is 15.6 Å². The first kappa shape index (κ1) is 31.1. The minimum Gasteiger partial charge on any atom is -0.355 e. The number of carbonyl (C=O) groups is 2. The molecule has 42 heavy (non-hydrogen) atoms. The van der Waals surface area contributed by atoms with Crippen LogP contribution in [0.25, 0.3) is 0 Å². The van der Waals surface area contributed by atoms with Crippen molar-refractivity contribution in [3.63, 3.8) is 0 Å². The van der Waals surface area contributed by atoms with Crippen LogP contribution in [0.5, 0.6) is 0 Å². The molecule has 0 heterocycles. The SMILES string of the molecule is CCNC(=O)[C@@H](Cc1ccccc1)N(Cc1ccccc1Cl)C(=O)CN(c1ccccc1Cl)S(=O)(=O)c1ccccc1. The minimum absolute atomic E-state index is 0.0000601. The van der Waals surface area contributed by atoms with Gasteiger partial charge in [-0.2, -0.15) is 0 Å². The van der Waals surface area contributed by atoms with Crippen LogP contribution in [0.3, 0.4) is 0 Å².